The number of phenols is 1. The number of carbonyl (C=O) groups excluding carboxylic acids is 4. The van der Waals surface area contributed by atoms with Crippen molar-refractivity contribution in [1.82, 2.24) is 16.0 Å². The fourth-order valence-electron chi connectivity index (χ4n) is 8.49. The fourth-order valence-corrected chi connectivity index (χ4v) is 8.49. The van der Waals surface area contributed by atoms with Crippen molar-refractivity contribution in [3.63, 3.8) is 0 Å². The maximum atomic E-state index is 14.1. The summed E-state index contributed by atoms with van der Waals surface area (Å²) in [5, 5.41) is 116. The van der Waals surface area contributed by atoms with E-state index in [2.05, 4.69) is 16.0 Å². The second-order valence-electron chi connectivity index (χ2n) is 18.3. The number of methoxy groups -OCH3 is 1. The number of carboxylic acids is 1. The Morgan fingerprint density at radius 2 is 1.14 bits per heavy atom. The first-order valence-electron chi connectivity index (χ1n) is 22.3. The number of aliphatic hydroxyl groups excluding tert-OH is 8. The lowest BCUT2D eigenvalue weighted by molar-refractivity contribution is -0.366. The van der Waals surface area contributed by atoms with Crippen LogP contribution in [0.25, 0.3) is 0 Å². The third-order valence-corrected chi connectivity index (χ3v) is 11.9. The van der Waals surface area contributed by atoms with E-state index in [1.807, 2.05) is 0 Å². The van der Waals surface area contributed by atoms with Gasteiger partial charge in [0, 0.05) is 27.4 Å². The normalized spacial score (nSPS) is 38.4. The van der Waals surface area contributed by atoms with E-state index in [-0.39, 0.29) is 12.2 Å². The summed E-state index contributed by atoms with van der Waals surface area (Å²) in [4.78, 5) is 65.1. The van der Waals surface area contributed by atoms with Gasteiger partial charge in [-0.25, -0.2) is 9.59 Å². The molecule has 0 aromatic heterocycles. The summed E-state index contributed by atoms with van der Waals surface area (Å²) in [7, 11) is 1.08. The van der Waals surface area contributed by atoms with E-state index in [1.54, 1.807) is 20.8 Å². The molecule has 13 N–H and O–H groups in total. The number of nitrogens with one attached hydrogen (secondary N) is 3. The summed E-state index contributed by atoms with van der Waals surface area (Å²) >= 11 is 0. The number of carboxylic acid groups (broad SMARTS) is 1. The molecule has 0 radical (unpaired) electrons. The highest BCUT2D eigenvalue weighted by Gasteiger charge is 2.57. The van der Waals surface area contributed by atoms with Crippen LogP contribution >= 0.6 is 0 Å². The highest BCUT2D eigenvalue weighted by molar-refractivity contribution is 5.88. The van der Waals surface area contributed by atoms with Gasteiger partial charge < -0.3 is 110 Å². The summed E-state index contributed by atoms with van der Waals surface area (Å²) in [6, 6.07) is 1.34. The Bertz CT molecular complexity index is 1940. The first-order chi connectivity index (χ1) is 32.8. The van der Waals surface area contributed by atoms with Gasteiger partial charge in [-0.2, -0.15) is 0 Å². The van der Waals surface area contributed by atoms with Crippen LogP contribution in [0.1, 0.15) is 47.1 Å². The number of hydrogen-bond donors (Lipinski definition) is 13. The average molecular weight is 1010 g/mol. The smallest absolute Gasteiger partial charge is 0.335 e. The number of phenolic OH excluding ortho intramolecular Hbond substituents is 1. The van der Waals surface area contributed by atoms with Crippen LogP contribution in [0.2, 0.25) is 0 Å². The molecular weight excluding hydrogens is 942 g/mol. The van der Waals surface area contributed by atoms with Crippen LogP contribution in [0.4, 0.5) is 0 Å². The topological polar surface area (TPSA) is 407 Å². The van der Waals surface area contributed by atoms with E-state index >= 15 is 0 Å². The van der Waals surface area contributed by atoms with Gasteiger partial charge in [0.15, 0.2) is 31.1 Å². The zero-order valence-electron chi connectivity index (χ0n) is 39.2. The van der Waals surface area contributed by atoms with Crippen molar-refractivity contribution >= 4 is 29.7 Å². The Morgan fingerprint density at radius 3 is 1.64 bits per heavy atom. The van der Waals surface area contributed by atoms with E-state index in [4.69, 9.17) is 42.6 Å². The summed E-state index contributed by atoms with van der Waals surface area (Å²) in [5.74, 6) is -5.33. The van der Waals surface area contributed by atoms with Crippen molar-refractivity contribution < 1.29 is 118 Å². The molecule has 4 aliphatic rings. The van der Waals surface area contributed by atoms with E-state index in [9.17, 15) is 75.0 Å². The van der Waals surface area contributed by atoms with Gasteiger partial charge in [0.2, 0.25) is 11.8 Å². The molecule has 21 unspecified atom stereocenters. The second kappa shape index (κ2) is 24.0. The standard InChI is InChI=1S/C43H65N3O24/c1-15-23(44-16(2)49)31(25(52)21(13-47)63-15)65-42-30(57)28(55)34(36(69-42)38(59)60)67-40-24(45-17(3)50)32(26(53)22(14-48)64-40)66-41-29(56)27(54)33(62-7)35(68-41)37(58)46-20(39(61)70-43(4,5)6)12-18-8-10-19(51)11-9-18/h8-11,15,20-36,40-42,47-48,51-57H,12-14H2,1-7H3,(H,44,49)(H,45,50)(H,46,58)(H,59,60). The number of ether oxygens (including phenoxy) is 9. The molecule has 4 aliphatic heterocycles. The van der Waals surface area contributed by atoms with E-state index in [0.29, 0.717) is 5.56 Å². The predicted molar refractivity (Wildman–Crippen MR) is 228 cm³/mol. The van der Waals surface area contributed by atoms with Gasteiger partial charge in [-0.1, -0.05) is 12.1 Å². The molecule has 396 valence electrons. The molecule has 4 fully saturated rings. The molecule has 27 heteroatoms. The SMILES string of the molecule is COC1C(C(=O)NC(Cc2ccc(O)cc2)C(=O)OC(C)(C)C)OC(OC2C(O)C(CO)OC(OC3C(C(=O)O)OC(OC4C(O)C(CO)OC(C)C4NC(C)=O)C(O)C3O)C2NC(C)=O)C(O)C1O. The van der Waals surface area contributed by atoms with Crippen molar-refractivity contribution in [1.29, 1.82) is 0 Å². The Labute approximate surface area is 400 Å². The van der Waals surface area contributed by atoms with Gasteiger partial charge >= 0.3 is 11.9 Å². The molecule has 3 amide bonds. The molecule has 5 rings (SSSR count). The van der Waals surface area contributed by atoms with Gasteiger partial charge in [-0.3, -0.25) is 14.4 Å². The largest absolute Gasteiger partial charge is 0.508 e. The number of hydrogen-bond acceptors (Lipinski definition) is 23. The number of esters is 1. The quantitative estimate of drug-likeness (QED) is 0.0646. The molecular formula is C43H65N3O24. The number of benzene rings is 1. The van der Waals surface area contributed by atoms with Crippen LogP contribution in [0, 0.1) is 0 Å². The lowest BCUT2D eigenvalue weighted by atomic mass is 9.92. The average Bonchev–Trinajstić information content (AvgIpc) is 3.28. The first-order valence-corrected chi connectivity index (χ1v) is 22.3. The number of aromatic hydroxyl groups is 1. The number of aliphatic carboxylic acids is 1. The zero-order valence-corrected chi connectivity index (χ0v) is 39.2. The van der Waals surface area contributed by atoms with Crippen molar-refractivity contribution in [3.8, 4) is 5.75 Å². The fraction of sp³-hybridized carbons (Fsp3) is 0.744. The minimum absolute atomic E-state index is 0.0682. The Balaban J connectivity index is 1.41. The molecule has 0 saturated carbocycles. The lowest BCUT2D eigenvalue weighted by Crippen LogP contribution is -2.71. The minimum Gasteiger partial charge on any atom is -0.508 e. The third kappa shape index (κ3) is 13.4. The van der Waals surface area contributed by atoms with Crippen molar-refractivity contribution in [3.05, 3.63) is 29.8 Å². The monoisotopic (exact) mass is 1010 g/mol. The molecule has 0 aliphatic carbocycles. The molecule has 0 spiro atoms. The van der Waals surface area contributed by atoms with Crippen molar-refractivity contribution in [2.45, 2.75) is 182 Å². The molecule has 21 atom stereocenters. The maximum Gasteiger partial charge on any atom is 0.335 e. The predicted octanol–water partition coefficient (Wildman–Crippen LogP) is -5.86. The molecule has 1 aromatic carbocycles. The second-order valence-corrected chi connectivity index (χ2v) is 18.3. The molecule has 70 heavy (non-hydrogen) atoms. The summed E-state index contributed by atoms with van der Waals surface area (Å²) in [5.41, 5.74) is -0.533. The highest BCUT2D eigenvalue weighted by Crippen LogP contribution is 2.35. The van der Waals surface area contributed by atoms with Gasteiger partial charge in [-0.15, -0.1) is 0 Å². The van der Waals surface area contributed by atoms with Crippen LogP contribution in [0.15, 0.2) is 24.3 Å². The van der Waals surface area contributed by atoms with Crippen LogP contribution in [0.3, 0.4) is 0 Å². The first kappa shape index (κ1) is 56.6. The number of carbonyl (C=O) groups is 5. The van der Waals surface area contributed by atoms with E-state index < -0.39 is 177 Å². The van der Waals surface area contributed by atoms with Crippen LogP contribution in [-0.2, 0) is 73.0 Å². The molecule has 1 aromatic rings. The lowest BCUT2D eigenvalue weighted by Gasteiger charge is -2.50. The molecule has 4 saturated heterocycles. The summed E-state index contributed by atoms with van der Waals surface area (Å²) in [6.07, 6.45) is -34.0. The van der Waals surface area contributed by atoms with Crippen LogP contribution in [-0.4, -0.2) is 235 Å². The van der Waals surface area contributed by atoms with Crippen LogP contribution in [0.5, 0.6) is 5.75 Å². The maximum absolute atomic E-state index is 14.1. The van der Waals surface area contributed by atoms with Crippen LogP contribution < -0.4 is 16.0 Å². The molecule has 27 nitrogen and oxygen atoms in total. The number of amides is 3. The van der Waals surface area contributed by atoms with Gasteiger partial charge in [0.05, 0.1) is 25.4 Å². The number of rotatable bonds is 17. The van der Waals surface area contributed by atoms with E-state index in [0.717, 1.165) is 21.0 Å². The van der Waals surface area contributed by atoms with Gasteiger partial charge in [0.1, 0.15) is 96.7 Å². The Hall–Kier alpha value is -4.27. The zero-order chi connectivity index (χ0) is 52.1. The van der Waals surface area contributed by atoms with Crippen molar-refractivity contribution in [2.24, 2.45) is 0 Å². The van der Waals surface area contributed by atoms with Crippen molar-refractivity contribution in [2.75, 3.05) is 20.3 Å². The summed E-state index contributed by atoms with van der Waals surface area (Å²) in [6.45, 7) is 6.68. The molecule has 4 heterocycles. The minimum atomic E-state index is -2.27. The van der Waals surface area contributed by atoms with Gasteiger partial charge in [-0.05, 0) is 45.4 Å². The Morgan fingerprint density at radius 1 is 0.657 bits per heavy atom. The third-order valence-electron chi connectivity index (χ3n) is 11.9. The highest BCUT2D eigenvalue weighted by atomic mass is 16.8. The Kier molecular flexibility index (Phi) is 19.4. The number of aliphatic hydroxyl groups is 8. The molecule has 0 bridgehead atoms. The summed E-state index contributed by atoms with van der Waals surface area (Å²) < 4.78 is 51.4. The van der Waals surface area contributed by atoms with E-state index in [1.165, 1.54) is 31.2 Å². The van der Waals surface area contributed by atoms with Gasteiger partial charge in [0.25, 0.3) is 5.91 Å².